The minimum Gasteiger partial charge on any atom is -0.493 e. The first-order valence-corrected chi connectivity index (χ1v) is 8.71. The molecule has 6 nitrogen and oxygen atoms in total. The van der Waals surface area contributed by atoms with Gasteiger partial charge in [0.05, 0.1) is 18.8 Å². The van der Waals surface area contributed by atoms with Gasteiger partial charge in [-0.15, -0.1) is 24.0 Å². The van der Waals surface area contributed by atoms with Crippen LogP contribution < -0.4 is 15.4 Å². The first-order valence-electron chi connectivity index (χ1n) is 8.71. The minimum absolute atomic E-state index is 0. The predicted octanol–water partition coefficient (Wildman–Crippen LogP) is 2.98. The molecule has 0 aliphatic rings. The van der Waals surface area contributed by atoms with Crippen molar-refractivity contribution >= 4 is 29.9 Å². The Bertz CT molecular complexity index is 667. The molecule has 0 saturated carbocycles. The van der Waals surface area contributed by atoms with E-state index < -0.39 is 0 Å². The number of aryl methyl sites for hydroxylation is 1. The molecule has 1 heterocycles. The van der Waals surface area contributed by atoms with E-state index in [0.717, 1.165) is 37.0 Å². The van der Waals surface area contributed by atoms with Crippen molar-refractivity contribution in [1.29, 1.82) is 0 Å². The van der Waals surface area contributed by atoms with Crippen molar-refractivity contribution in [3.63, 3.8) is 0 Å². The van der Waals surface area contributed by atoms with E-state index in [4.69, 9.17) is 4.74 Å². The number of benzene rings is 1. The van der Waals surface area contributed by atoms with Gasteiger partial charge in [-0.25, -0.2) is 0 Å². The summed E-state index contributed by atoms with van der Waals surface area (Å²) in [5, 5.41) is 10.8. The first-order chi connectivity index (χ1) is 12.1. The van der Waals surface area contributed by atoms with E-state index >= 15 is 0 Å². The van der Waals surface area contributed by atoms with Crippen LogP contribution in [-0.2, 0) is 20.0 Å². The second-order valence-corrected chi connectivity index (χ2v) is 6.40. The maximum Gasteiger partial charge on any atom is 0.191 e. The second-order valence-electron chi connectivity index (χ2n) is 6.40. The molecule has 144 valence electrons. The van der Waals surface area contributed by atoms with Crippen molar-refractivity contribution < 1.29 is 4.74 Å². The fraction of sp³-hybridized carbons (Fsp3) is 0.474. The number of aliphatic imine (C=N–C) groups is 1. The quantitative estimate of drug-likeness (QED) is 0.353. The molecule has 0 radical (unpaired) electrons. The molecule has 2 N–H and O–H groups in total. The molecule has 2 aromatic rings. The highest BCUT2D eigenvalue weighted by Gasteiger charge is 2.02. The molecule has 0 amide bonds. The number of nitrogens with one attached hydrogen (secondary N) is 2. The molecule has 0 aliphatic heterocycles. The van der Waals surface area contributed by atoms with E-state index in [2.05, 4.69) is 46.7 Å². The molecule has 0 atom stereocenters. The van der Waals surface area contributed by atoms with E-state index in [1.165, 1.54) is 5.56 Å². The van der Waals surface area contributed by atoms with Gasteiger partial charge >= 0.3 is 0 Å². The van der Waals surface area contributed by atoms with Gasteiger partial charge in [-0.1, -0.05) is 26.0 Å². The maximum absolute atomic E-state index is 5.71. The Labute approximate surface area is 173 Å². The van der Waals surface area contributed by atoms with Crippen molar-refractivity contribution in [3.8, 4) is 5.75 Å². The lowest BCUT2D eigenvalue weighted by molar-refractivity contribution is 0.271. The molecule has 1 aromatic heterocycles. The van der Waals surface area contributed by atoms with Gasteiger partial charge < -0.3 is 15.4 Å². The van der Waals surface area contributed by atoms with Gasteiger partial charge in [-0.05, 0) is 36.1 Å². The molecule has 0 bridgehead atoms. The van der Waals surface area contributed by atoms with Crippen LogP contribution in [-0.4, -0.2) is 35.9 Å². The van der Waals surface area contributed by atoms with Crippen LogP contribution >= 0.6 is 24.0 Å². The summed E-state index contributed by atoms with van der Waals surface area (Å²) in [6, 6.07) is 10.3. The molecular formula is C19H30IN5O. The van der Waals surface area contributed by atoms with Gasteiger partial charge in [0.2, 0.25) is 0 Å². The van der Waals surface area contributed by atoms with Gasteiger partial charge in [0.25, 0.3) is 0 Å². The topological polar surface area (TPSA) is 63.5 Å². The third-order valence-electron chi connectivity index (χ3n) is 3.80. The number of guanidine groups is 1. The molecule has 0 unspecified atom stereocenters. The Morgan fingerprint density at radius 3 is 2.50 bits per heavy atom. The predicted molar refractivity (Wildman–Crippen MR) is 117 cm³/mol. The number of nitrogens with zero attached hydrogens (tertiary/aromatic N) is 3. The molecule has 0 spiro atoms. The zero-order valence-electron chi connectivity index (χ0n) is 16.0. The third kappa shape index (κ3) is 7.63. The number of halogens is 1. The molecule has 26 heavy (non-hydrogen) atoms. The van der Waals surface area contributed by atoms with Gasteiger partial charge in [0, 0.05) is 26.8 Å². The minimum atomic E-state index is 0. The summed E-state index contributed by atoms with van der Waals surface area (Å²) in [6.07, 6.45) is 2.72. The standard InChI is InChI=1S/C19H29N5O.HI/c1-15(2)14-25-18-7-5-16(6-8-18)9-11-21-19(20-3)22-13-17-10-12-23-24(17)4;/h5-8,10,12,15H,9,11,13-14H2,1-4H3,(H2,20,21,22);1H. The second kappa shape index (κ2) is 11.8. The largest absolute Gasteiger partial charge is 0.493 e. The lowest BCUT2D eigenvalue weighted by Crippen LogP contribution is -2.38. The summed E-state index contributed by atoms with van der Waals surface area (Å²) in [4.78, 5) is 4.25. The highest BCUT2D eigenvalue weighted by Crippen LogP contribution is 2.13. The summed E-state index contributed by atoms with van der Waals surface area (Å²) in [7, 11) is 3.71. The molecule has 7 heteroatoms. The number of ether oxygens (including phenoxy) is 1. The number of hydrogen-bond donors (Lipinski definition) is 2. The Kier molecular flexibility index (Phi) is 10.1. The molecular weight excluding hydrogens is 441 g/mol. The number of aromatic nitrogens is 2. The number of rotatable bonds is 8. The summed E-state index contributed by atoms with van der Waals surface area (Å²) < 4.78 is 7.56. The van der Waals surface area contributed by atoms with Crippen molar-refractivity contribution in [3.05, 3.63) is 47.8 Å². The highest BCUT2D eigenvalue weighted by molar-refractivity contribution is 14.0. The van der Waals surface area contributed by atoms with E-state index in [1.807, 2.05) is 29.9 Å². The Morgan fingerprint density at radius 1 is 1.19 bits per heavy atom. The van der Waals surface area contributed by atoms with Crippen LogP contribution in [0.3, 0.4) is 0 Å². The lowest BCUT2D eigenvalue weighted by atomic mass is 10.1. The molecule has 0 fully saturated rings. The Morgan fingerprint density at radius 2 is 1.92 bits per heavy atom. The van der Waals surface area contributed by atoms with E-state index in [1.54, 1.807) is 13.2 Å². The third-order valence-corrected chi connectivity index (χ3v) is 3.80. The first kappa shape index (κ1) is 22.3. The van der Waals surface area contributed by atoms with Crippen LogP contribution in [0.25, 0.3) is 0 Å². The fourth-order valence-electron chi connectivity index (χ4n) is 2.31. The van der Waals surface area contributed by atoms with E-state index in [0.29, 0.717) is 12.5 Å². The zero-order valence-corrected chi connectivity index (χ0v) is 18.4. The lowest BCUT2D eigenvalue weighted by Gasteiger charge is -2.12. The monoisotopic (exact) mass is 471 g/mol. The average molecular weight is 471 g/mol. The van der Waals surface area contributed by atoms with Crippen LogP contribution in [0.4, 0.5) is 0 Å². The highest BCUT2D eigenvalue weighted by atomic mass is 127. The Balaban J connectivity index is 0.00000338. The summed E-state index contributed by atoms with van der Waals surface area (Å²) in [5.41, 5.74) is 2.38. The van der Waals surface area contributed by atoms with Gasteiger partial charge in [-0.3, -0.25) is 9.67 Å². The van der Waals surface area contributed by atoms with Crippen LogP contribution in [0.15, 0.2) is 41.5 Å². The Hall–Kier alpha value is -1.77. The van der Waals surface area contributed by atoms with Crippen molar-refractivity contribution in [2.45, 2.75) is 26.8 Å². The average Bonchev–Trinajstić information content (AvgIpc) is 3.02. The summed E-state index contributed by atoms with van der Waals surface area (Å²) in [6.45, 7) is 6.55. The van der Waals surface area contributed by atoms with Gasteiger partial charge in [0.15, 0.2) is 5.96 Å². The number of hydrogen-bond acceptors (Lipinski definition) is 3. The van der Waals surface area contributed by atoms with Crippen LogP contribution in [0.5, 0.6) is 5.75 Å². The van der Waals surface area contributed by atoms with Crippen molar-refractivity contribution in [2.75, 3.05) is 20.2 Å². The zero-order chi connectivity index (χ0) is 18.1. The maximum atomic E-state index is 5.71. The van der Waals surface area contributed by atoms with Crippen molar-refractivity contribution in [1.82, 2.24) is 20.4 Å². The molecule has 1 aromatic carbocycles. The molecule has 0 aliphatic carbocycles. The summed E-state index contributed by atoms with van der Waals surface area (Å²) in [5.74, 6) is 2.26. The van der Waals surface area contributed by atoms with E-state index in [-0.39, 0.29) is 24.0 Å². The fourth-order valence-corrected chi connectivity index (χ4v) is 2.31. The van der Waals surface area contributed by atoms with Gasteiger partial charge in [0.1, 0.15) is 5.75 Å². The van der Waals surface area contributed by atoms with Crippen LogP contribution in [0.2, 0.25) is 0 Å². The molecule has 0 saturated heterocycles. The van der Waals surface area contributed by atoms with Crippen LogP contribution in [0, 0.1) is 5.92 Å². The van der Waals surface area contributed by atoms with E-state index in [9.17, 15) is 0 Å². The summed E-state index contributed by atoms with van der Waals surface area (Å²) >= 11 is 0. The van der Waals surface area contributed by atoms with Crippen LogP contribution in [0.1, 0.15) is 25.1 Å². The normalized spacial score (nSPS) is 11.2. The SMILES string of the molecule is CN=C(NCCc1ccc(OCC(C)C)cc1)NCc1ccnn1C.I. The smallest absolute Gasteiger partial charge is 0.191 e. The van der Waals surface area contributed by atoms with Crippen molar-refractivity contribution in [2.24, 2.45) is 18.0 Å². The van der Waals surface area contributed by atoms with Gasteiger partial charge in [-0.2, -0.15) is 5.10 Å². The molecule has 2 rings (SSSR count).